The van der Waals surface area contributed by atoms with Crippen molar-refractivity contribution in [2.24, 2.45) is 0 Å². The van der Waals surface area contributed by atoms with Crippen molar-refractivity contribution in [3.8, 4) is 22.8 Å². The molecule has 0 N–H and O–H groups in total. The first-order valence-corrected chi connectivity index (χ1v) is 12.1. The van der Waals surface area contributed by atoms with Gasteiger partial charge in [-0.15, -0.1) is 11.3 Å². The second kappa shape index (κ2) is 9.27. The number of rotatable bonds is 5. The molecule has 0 unspecified atom stereocenters. The molecule has 4 heterocycles. The summed E-state index contributed by atoms with van der Waals surface area (Å²) < 4.78 is 7.40. The first-order chi connectivity index (χ1) is 16.0. The summed E-state index contributed by atoms with van der Waals surface area (Å²) >= 11 is 8.01. The van der Waals surface area contributed by atoms with E-state index in [9.17, 15) is 4.79 Å². The van der Waals surface area contributed by atoms with Crippen molar-refractivity contribution in [2.45, 2.75) is 53.6 Å². The average molecular weight is 496 g/mol. The average Bonchev–Trinajstić information content (AvgIpc) is 3.21. The van der Waals surface area contributed by atoms with Crippen LogP contribution in [0.15, 0.2) is 40.8 Å². The Morgan fingerprint density at radius 2 is 1.85 bits per heavy atom. The van der Waals surface area contributed by atoms with E-state index >= 15 is 0 Å². The summed E-state index contributed by atoms with van der Waals surface area (Å²) in [4.78, 5) is 31.3. The fourth-order valence-electron chi connectivity index (χ4n) is 3.47. The van der Waals surface area contributed by atoms with Crippen molar-refractivity contribution in [1.82, 2.24) is 24.5 Å². The third kappa shape index (κ3) is 4.88. The lowest BCUT2D eigenvalue weighted by atomic mass is 9.95. The molecule has 7 nitrogen and oxygen atoms in total. The summed E-state index contributed by atoms with van der Waals surface area (Å²) in [5, 5.41) is 2.91. The Morgan fingerprint density at radius 1 is 1.09 bits per heavy atom. The van der Waals surface area contributed by atoms with Gasteiger partial charge in [-0.3, -0.25) is 14.3 Å². The molecule has 0 fully saturated rings. The highest BCUT2D eigenvalue weighted by Gasteiger charge is 2.20. The van der Waals surface area contributed by atoms with E-state index in [-0.39, 0.29) is 22.6 Å². The molecule has 0 aliphatic heterocycles. The zero-order chi connectivity index (χ0) is 24.6. The molecule has 0 bridgehead atoms. The number of thiazole rings is 1. The van der Waals surface area contributed by atoms with Crippen LogP contribution in [0.1, 0.15) is 48.6 Å². The van der Waals surface area contributed by atoms with E-state index in [2.05, 4.69) is 35.7 Å². The Labute approximate surface area is 207 Å². The highest BCUT2D eigenvalue weighted by molar-refractivity contribution is 7.09. The second-order valence-electron chi connectivity index (χ2n) is 9.12. The molecule has 0 spiro atoms. The lowest BCUT2D eigenvalue weighted by Gasteiger charge is -2.18. The van der Waals surface area contributed by atoms with Crippen LogP contribution in [0.3, 0.4) is 0 Å². The first kappa shape index (κ1) is 24.0. The van der Waals surface area contributed by atoms with E-state index in [1.165, 1.54) is 0 Å². The van der Waals surface area contributed by atoms with Crippen molar-refractivity contribution in [2.75, 3.05) is 0 Å². The summed E-state index contributed by atoms with van der Waals surface area (Å²) in [6, 6.07) is 5.44. The number of aromatic nitrogens is 5. The fraction of sp³-hybridized carbons (Fsp3) is 0.320. The van der Waals surface area contributed by atoms with E-state index in [1.54, 1.807) is 34.4 Å². The zero-order valence-electron chi connectivity index (χ0n) is 20.0. The molecule has 9 heteroatoms. The van der Waals surface area contributed by atoms with E-state index in [4.69, 9.17) is 21.3 Å². The van der Waals surface area contributed by atoms with Gasteiger partial charge >= 0.3 is 0 Å². The van der Waals surface area contributed by atoms with Gasteiger partial charge in [-0.1, -0.05) is 32.4 Å². The molecule has 176 valence electrons. The molecule has 34 heavy (non-hydrogen) atoms. The van der Waals surface area contributed by atoms with Gasteiger partial charge in [-0.05, 0) is 38.5 Å². The molecule has 0 aliphatic rings. The minimum absolute atomic E-state index is 0.0207. The maximum Gasteiger partial charge on any atom is 0.277 e. The van der Waals surface area contributed by atoms with Crippen LogP contribution in [0, 0.1) is 20.8 Å². The van der Waals surface area contributed by atoms with E-state index in [0.717, 1.165) is 22.1 Å². The molecule has 0 aliphatic carbocycles. The molecule has 0 saturated heterocycles. The zero-order valence-corrected chi connectivity index (χ0v) is 21.6. The van der Waals surface area contributed by atoms with E-state index in [1.807, 2.05) is 38.3 Å². The standard InChI is InChI=1S/C25H26ClN5O2S/c1-14-11-28-19(18-7-8-27-24(30-18)25(4,5)6)10-20(14)31-15(2)9-21(22(26)23(31)32)33-12-17-13-34-16(3)29-17/h7-11,13H,12H2,1-6H3. The molecular formula is C25H26ClN5O2S. The third-order valence-electron chi connectivity index (χ3n) is 5.25. The maximum atomic E-state index is 13.3. The normalized spacial score (nSPS) is 11.6. The highest BCUT2D eigenvalue weighted by atomic mass is 35.5. The van der Waals surface area contributed by atoms with Gasteiger partial charge in [0, 0.05) is 34.9 Å². The number of hydrogen-bond acceptors (Lipinski definition) is 7. The van der Waals surface area contributed by atoms with Gasteiger partial charge in [0.2, 0.25) is 0 Å². The van der Waals surface area contributed by atoms with Gasteiger partial charge in [0.25, 0.3) is 5.56 Å². The third-order valence-corrected chi connectivity index (χ3v) is 6.42. The molecular weight excluding hydrogens is 470 g/mol. The first-order valence-electron chi connectivity index (χ1n) is 10.8. The largest absolute Gasteiger partial charge is 0.485 e. The van der Waals surface area contributed by atoms with Crippen LogP contribution in [-0.2, 0) is 12.0 Å². The van der Waals surface area contributed by atoms with Gasteiger partial charge in [-0.25, -0.2) is 15.0 Å². The quantitative estimate of drug-likeness (QED) is 0.358. The summed E-state index contributed by atoms with van der Waals surface area (Å²) in [5.41, 5.74) is 3.80. The molecule has 4 aromatic rings. The van der Waals surface area contributed by atoms with Crippen LogP contribution in [0.25, 0.3) is 17.1 Å². The minimum atomic E-state index is -0.357. The SMILES string of the molecule is Cc1nc(COc2cc(C)n(-c3cc(-c4ccnc(C(C)(C)C)n4)ncc3C)c(=O)c2Cl)cs1. The highest BCUT2D eigenvalue weighted by Crippen LogP contribution is 2.28. The van der Waals surface area contributed by atoms with Crippen molar-refractivity contribution in [1.29, 1.82) is 0 Å². The van der Waals surface area contributed by atoms with E-state index in [0.29, 0.717) is 28.5 Å². The number of nitrogens with zero attached hydrogens (tertiary/aromatic N) is 5. The Hall–Kier alpha value is -3.10. The molecule has 4 aromatic heterocycles. The fourth-order valence-corrected chi connectivity index (χ4v) is 4.26. The van der Waals surface area contributed by atoms with Crippen molar-refractivity contribution < 1.29 is 4.74 Å². The maximum absolute atomic E-state index is 13.3. The van der Waals surface area contributed by atoms with Crippen molar-refractivity contribution in [3.05, 3.63) is 79.1 Å². The predicted molar refractivity (Wildman–Crippen MR) is 135 cm³/mol. The van der Waals surface area contributed by atoms with Gasteiger partial charge in [-0.2, -0.15) is 0 Å². The summed E-state index contributed by atoms with van der Waals surface area (Å²) in [5.74, 6) is 1.06. The van der Waals surface area contributed by atoms with Crippen molar-refractivity contribution in [3.63, 3.8) is 0 Å². The van der Waals surface area contributed by atoms with Gasteiger partial charge in [0.1, 0.15) is 23.2 Å². The van der Waals surface area contributed by atoms with Crippen LogP contribution in [0.4, 0.5) is 0 Å². The van der Waals surface area contributed by atoms with Crippen molar-refractivity contribution >= 4 is 22.9 Å². The minimum Gasteiger partial charge on any atom is -0.485 e. The molecule has 0 saturated carbocycles. The Kier molecular flexibility index (Phi) is 6.55. The number of pyridine rings is 2. The number of hydrogen-bond donors (Lipinski definition) is 0. The summed E-state index contributed by atoms with van der Waals surface area (Å²) in [7, 11) is 0. The van der Waals surface area contributed by atoms with Crippen LogP contribution in [0.5, 0.6) is 5.75 Å². The molecule has 0 aromatic carbocycles. The van der Waals surface area contributed by atoms with E-state index < -0.39 is 0 Å². The second-order valence-corrected chi connectivity index (χ2v) is 10.6. The number of aryl methyl sites for hydroxylation is 3. The Bertz CT molecular complexity index is 1420. The molecule has 0 radical (unpaired) electrons. The van der Waals surface area contributed by atoms with Gasteiger partial charge in [0.05, 0.1) is 27.8 Å². The lowest BCUT2D eigenvalue weighted by Crippen LogP contribution is -2.23. The smallest absolute Gasteiger partial charge is 0.277 e. The topological polar surface area (TPSA) is 82.8 Å². The molecule has 0 atom stereocenters. The summed E-state index contributed by atoms with van der Waals surface area (Å²) in [6.45, 7) is 12.1. The Morgan fingerprint density at radius 3 is 2.53 bits per heavy atom. The van der Waals surface area contributed by atoms with Crippen LogP contribution in [0.2, 0.25) is 5.02 Å². The van der Waals surface area contributed by atoms with Gasteiger partial charge < -0.3 is 4.74 Å². The van der Waals surface area contributed by atoms with Gasteiger partial charge in [0.15, 0.2) is 0 Å². The Balaban J connectivity index is 1.73. The number of halogens is 1. The predicted octanol–water partition coefficient (Wildman–Crippen LogP) is 5.60. The lowest BCUT2D eigenvalue weighted by molar-refractivity contribution is 0.301. The van der Waals surface area contributed by atoms with Crippen LogP contribution in [-0.4, -0.2) is 24.5 Å². The number of ether oxygens (including phenoxy) is 1. The van der Waals surface area contributed by atoms with Crippen LogP contribution >= 0.6 is 22.9 Å². The summed E-state index contributed by atoms with van der Waals surface area (Å²) in [6.07, 6.45) is 3.46. The monoisotopic (exact) mass is 495 g/mol. The molecule has 0 amide bonds. The molecule has 4 rings (SSSR count). The van der Waals surface area contributed by atoms with Crippen LogP contribution < -0.4 is 10.3 Å².